The first kappa shape index (κ1) is 15.4. The highest BCUT2D eigenvalue weighted by atomic mass is 16.5. The summed E-state index contributed by atoms with van der Waals surface area (Å²) in [6.07, 6.45) is 11.2. The third kappa shape index (κ3) is 3.54. The fourth-order valence-corrected chi connectivity index (χ4v) is 2.42. The predicted molar refractivity (Wildman–Crippen MR) is 88.0 cm³/mol. The fraction of sp³-hybridized carbons (Fsp3) is 0.389. The van der Waals surface area contributed by atoms with Gasteiger partial charge in [0.1, 0.15) is 17.2 Å². The molecule has 0 atom stereocenters. The molecule has 0 N–H and O–H groups in total. The fourth-order valence-electron chi connectivity index (χ4n) is 2.42. The van der Waals surface area contributed by atoms with Gasteiger partial charge in [-0.15, -0.1) is 0 Å². The standard InChI is InChI=1S/C16H18N2O.C2H6/c1-16(2)12-18(15-10-6-7-11-17-15)13-8-4-3-5-9-14(13)19-16;1-2/h4-11H,3,12H2,1-2H3;1-2H3. The molecule has 112 valence electrons. The largest absolute Gasteiger partial charge is 0.484 e. The normalized spacial score (nSPS) is 19.1. The zero-order chi connectivity index (χ0) is 15.3. The van der Waals surface area contributed by atoms with E-state index in [-0.39, 0.29) is 5.60 Å². The lowest BCUT2D eigenvalue weighted by Crippen LogP contribution is -2.45. The van der Waals surface area contributed by atoms with E-state index < -0.39 is 0 Å². The molecule has 0 unspecified atom stereocenters. The third-order valence-corrected chi connectivity index (χ3v) is 3.21. The second-order valence-electron chi connectivity index (χ2n) is 5.43. The Balaban J connectivity index is 0.000000774. The van der Waals surface area contributed by atoms with Crippen LogP contribution in [-0.4, -0.2) is 17.1 Å². The molecule has 0 amide bonds. The second-order valence-corrected chi connectivity index (χ2v) is 5.43. The molecule has 0 bridgehead atoms. The quantitative estimate of drug-likeness (QED) is 0.761. The van der Waals surface area contributed by atoms with Crippen molar-refractivity contribution >= 4 is 5.82 Å². The zero-order valence-corrected chi connectivity index (χ0v) is 13.3. The maximum Gasteiger partial charge on any atom is 0.143 e. The van der Waals surface area contributed by atoms with Gasteiger partial charge in [-0.2, -0.15) is 0 Å². The second kappa shape index (κ2) is 6.61. The van der Waals surface area contributed by atoms with Crippen molar-refractivity contribution in [2.24, 2.45) is 0 Å². The van der Waals surface area contributed by atoms with Gasteiger partial charge >= 0.3 is 0 Å². The zero-order valence-electron chi connectivity index (χ0n) is 13.3. The monoisotopic (exact) mass is 284 g/mol. The lowest BCUT2D eigenvalue weighted by Gasteiger charge is -2.40. The molecule has 1 aromatic rings. The smallest absolute Gasteiger partial charge is 0.143 e. The summed E-state index contributed by atoms with van der Waals surface area (Å²) in [5.74, 6) is 1.89. The summed E-state index contributed by atoms with van der Waals surface area (Å²) >= 11 is 0. The Kier molecular flexibility index (Phi) is 4.84. The molecule has 0 saturated heterocycles. The van der Waals surface area contributed by atoms with Crippen LogP contribution in [0.5, 0.6) is 0 Å². The lowest BCUT2D eigenvalue weighted by atomic mass is 10.1. The number of pyridine rings is 1. The molecule has 0 radical (unpaired) electrons. The maximum atomic E-state index is 6.08. The summed E-state index contributed by atoms with van der Waals surface area (Å²) in [6.45, 7) is 9.01. The van der Waals surface area contributed by atoms with Crippen LogP contribution in [0.2, 0.25) is 0 Å². The molecule has 1 aliphatic heterocycles. The van der Waals surface area contributed by atoms with Crippen LogP contribution in [0.15, 0.2) is 60.2 Å². The number of hydrogen-bond donors (Lipinski definition) is 0. The number of anilines is 1. The van der Waals surface area contributed by atoms with Crippen molar-refractivity contribution in [3.05, 3.63) is 60.2 Å². The Bertz CT molecular complexity index is 556. The predicted octanol–water partition coefficient (Wildman–Crippen LogP) is 4.45. The molecule has 0 saturated carbocycles. The van der Waals surface area contributed by atoms with Crippen molar-refractivity contribution < 1.29 is 4.74 Å². The molecule has 0 aromatic carbocycles. The van der Waals surface area contributed by atoms with E-state index in [9.17, 15) is 0 Å². The van der Waals surface area contributed by atoms with Crippen molar-refractivity contribution in [3.63, 3.8) is 0 Å². The average molecular weight is 284 g/mol. The number of nitrogens with zero attached hydrogens (tertiary/aromatic N) is 2. The van der Waals surface area contributed by atoms with E-state index in [1.165, 1.54) is 0 Å². The van der Waals surface area contributed by atoms with Gasteiger partial charge in [0.05, 0.1) is 12.2 Å². The molecule has 0 spiro atoms. The molecule has 2 aliphatic rings. The topological polar surface area (TPSA) is 25.4 Å². The van der Waals surface area contributed by atoms with Gasteiger partial charge in [0.25, 0.3) is 0 Å². The van der Waals surface area contributed by atoms with E-state index in [0.717, 1.165) is 30.2 Å². The van der Waals surface area contributed by atoms with Gasteiger partial charge in [-0.1, -0.05) is 32.1 Å². The Labute approximate surface area is 127 Å². The first-order valence-corrected chi connectivity index (χ1v) is 7.61. The Morgan fingerprint density at radius 2 is 1.90 bits per heavy atom. The Hall–Kier alpha value is -2.03. The van der Waals surface area contributed by atoms with Crippen LogP contribution in [0.1, 0.15) is 34.1 Å². The molecule has 2 heterocycles. The minimum atomic E-state index is -0.223. The van der Waals surface area contributed by atoms with Crippen LogP contribution in [0, 0.1) is 0 Å². The summed E-state index contributed by atoms with van der Waals surface area (Å²) in [6, 6.07) is 5.99. The van der Waals surface area contributed by atoms with Crippen LogP contribution in [0.25, 0.3) is 0 Å². The van der Waals surface area contributed by atoms with E-state index in [1.54, 1.807) is 0 Å². The van der Waals surface area contributed by atoms with Gasteiger partial charge in [0.2, 0.25) is 0 Å². The highest BCUT2D eigenvalue weighted by molar-refractivity contribution is 5.54. The van der Waals surface area contributed by atoms with Crippen molar-refractivity contribution in [1.82, 2.24) is 4.98 Å². The van der Waals surface area contributed by atoms with Gasteiger partial charge in [-0.3, -0.25) is 0 Å². The molecule has 21 heavy (non-hydrogen) atoms. The van der Waals surface area contributed by atoms with E-state index in [0.29, 0.717) is 0 Å². The SMILES string of the molecule is CC.CC1(C)CN(c2ccccn2)C2=C(C=CCC=C2)O1. The summed E-state index contributed by atoms with van der Waals surface area (Å²) in [4.78, 5) is 6.70. The number of allylic oxidation sites excluding steroid dienone is 4. The molecule has 0 fully saturated rings. The summed E-state index contributed by atoms with van der Waals surface area (Å²) < 4.78 is 6.08. The van der Waals surface area contributed by atoms with Crippen LogP contribution in [0.3, 0.4) is 0 Å². The van der Waals surface area contributed by atoms with Crippen LogP contribution >= 0.6 is 0 Å². The van der Waals surface area contributed by atoms with E-state index >= 15 is 0 Å². The minimum absolute atomic E-state index is 0.223. The summed E-state index contributed by atoms with van der Waals surface area (Å²) in [5.41, 5.74) is 0.866. The van der Waals surface area contributed by atoms with Crippen LogP contribution in [0.4, 0.5) is 5.82 Å². The highest BCUT2D eigenvalue weighted by Crippen LogP contribution is 2.33. The molecular weight excluding hydrogens is 260 g/mol. The molecular formula is C18H24N2O. The summed E-state index contributed by atoms with van der Waals surface area (Å²) in [7, 11) is 0. The maximum absolute atomic E-state index is 6.08. The molecule has 1 aromatic heterocycles. The lowest BCUT2D eigenvalue weighted by molar-refractivity contribution is 0.0371. The van der Waals surface area contributed by atoms with Gasteiger partial charge in [0, 0.05) is 6.20 Å². The van der Waals surface area contributed by atoms with E-state index in [2.05, 4.69) is 48.0 Å². The molecule has 3 rings (SSSR count). The van der Waals surface area contributed by atoms with E-state index in [4.69, 9.17) is 4.74 Å². The number of aromatic nitrogens is 1. The van der Waals surface area contributed by atoms with Gasteiger partial charge in [-0.05, 0) is 44.6 Å². The first-order chi connectivity index (χ1) is 10.2. The van der Waals surface area contributed by atoms with Gasteiger partial charge in [-0.25, -0.2) is 4.98 Å². The van der Waals surface area contributed by atoms with Crippen molar-refractivity contribution in [2.45, 2.75) is 39.7 Å². The van der Waals surface area contributed by atoms with E-state index in [1.807, 2.05) is 38.2 Å². The molecule has 3 nitrogen and oxygen atoms in total. The third-order valence-electron chi connectivity index (χ3n) is 3.21. The first-order valence-electron chi connectivity index (χ1n) is 7.61. The van der Waals surface area contributed by atoms with Crippen molar-refractivity contribution in [1.29, 1.82) is 0 Å². The average Bonchev–Trinajstić information content (AvgIpc) is 2.73. The van der Waals surface area contributed by atoms with Gasteiger partial charge < -0.3 is 9.64 Å². The van der Waals surface area contributed by atoms with Crippen LogP contribution in [-0.2, 0) is 4.74 Å². The number of rotatable bonds is 1. The molecule has 3 heteroatoms. The highest BCUT2D eigenvalue weighted by Gasteiger charge is 2.33. The van der Waals surface area contributed by atoms with Crippen molar-refractivity contribution in [2.75, 3.05) is 11.4 Å². The summed E-state index contributed by atoms with van der Waals surface area (Å²) in [5, 5.41) is 0. The minimum Gasteiger partial charge on any atom is -0.484 e. The van der Waals surface area contributed by atoms with Crippen LogP contribution < -0.4 is 4.90 Å². The van der Waals surface area contributed by atoms with Crippen molar-refractivity contribution in [3.8, 4) is 0 Å². The molecule has 1 aliphatic carbocycles. The number of ether oxygens (including phenoxy) is 1. The number of hydrogen-bond acceptors (Lipinski definition) is 3. The Morgan fingerprint density at radius 1 is 1.14 bits per heavy atom. The Morgan fingerprint density at radius 3 is 2.62 bits per heavy atom. The van der Waals surface area contributed by atoms with Gasteiger partial charge in [0.15, 0.2) is 0 Å².